The van der Waals surface area contributed by atoms with Gasteiger partial charge in [0.05, 0.1) is 4.91 Å². The third-order valence-corrected chi connectivity index (χ3v) is 4.23. The quantitative estimate of drug-likeness (QED) is 0.471. The Morgan fingerprint density at radius 1 is 1.43 bits per heavy atom. The smallest absolute Gasteiger partial charge is 0.266 e. The van der Waals surface area contributed by atoms with E-state index in [1.54, 1.807) is 7.11 Å². The van der Waals surface area contributed by atoms with Crippen molar-refractivity contribution >= 4 is 40.3 Å². The number of nitrogens with zero attached hydrogens (tertiary/aromatic N) is 1. The summed E-state index contributed by atoms with van der Waals surface area (Å²) in [5, 5.41) is 0. The summed E-state index contributed by atoms with van der Waals surface area (Å²) in [6, 6.07) is 3.22. The summed E-state index contributed by atoms with van der Waals surface area (Å²) in [5.41, 5.74) is 0.161. The molecular weight excluding hydrogens is 316 g/mol. The highest BCUT2D eigenvalue weighted by atomic mass is 32.2. The average molecular weight is 329 g/mol. The Balaban J connectivity index is 2.16. The number of thioether (sulfide) groups is 1. The number of carbonyl (C=O) groups excluding carboxylic acids is 1. The standard InChI is InChI=1S/C14H13F2NO2S2/c1-19-6-2-5-17-13(18)12(21-14(17)20)7-9-3-4-10(15)8-11(9)16/h3-4,7-8H,2,5-6H2,1H3/b12-7-. The molecule has 1 heterocycles. The monoisotopic (exact) mass is 329 g/mol. The molecule has 3 nitrogen and oxygen atoms in total. The van der Waals surface area contributed by atoms with Crippen LogP contribution in [0.3, 0.4) is 0 Å². The van der Waals surface area contributed by atoms with Crippen molar-refractivity contribution < 1.29 is 18.3 Å². The highest BCUT2D eigenvalue weighted by molar-refractivity contribution is 8.26. The van der Waals surface area contributed by atoms with E-state index in [-0.39, 0.29) is 11.5 Å². The minimum Gasteiger partial charge on any atom is -0.385 e. The number of halogens is 2. The van der Waals surface area contributed by atoms with E-state index in [9.17, 15) is 13.6 Å². The van der Waals surface area contributed by atoms with E-state index < -0.39 is 11.6 Å². The minimum absolute atomic E-state index is 0.161. The number of methoxy groups -OCH3 is 1. The molecule has 1 saturated heterocycles. The normalized spacial score (nSPS) is 17.1. The van der Waals surface area contributed by atoms with Gasteiger partial charge in [-0.05, 0) is 24.6 Å². The van der Waals surface area contributed by atoms with E-state index >= 15 is 0 Å². The van der Waals surface area contributed by atoms with Gasteiger partial charge >= 0.3 is 0 Å². The lowest BCUT2D eigenvalue weighted by Crippen LogP contribution is -2.29. The van der Waals surface area contributed by atoms with Crippen molar-refractivity contribution in [2.75, 3.05) is 20.3 Å². The van der Waals surface area contributed by atoms with Crippen LogP contribution >= 0.6 is 24.0 Å². The van der Waals surface area contributed by atoms with Crippen molar-refractivity contribution in [1.82, 2.24) is 4.90 Å². The first-order valence-electron chi connectivity index (χ1n) is 6.22. The van der Waals surface area contributed by atoms with E-state index in [2.05, 4.69) is 0 Å². The molecule has 112 valence electrons. The summed E-state index contributed by atoms with van der Waals surface area (Å²) in [5.74, 6) is -1.62. The van der Waals surface area contributed by atoms with E-state index in [1.165, 1.54) is 17.0 Å². The van der Waals surface area contributed by atoms with Gasteiger partial charge in [-0.3, -0.25) is 9.69 Å². The molecule has 1 aromatic carbocycles. The molecule has 1 aromatic rings. The molecule has 1 fully saturated rings. The summed E-state index contributed by atoms with van der Waals surface area (Å²) in [4.78, 5) is 14.0. The average Bonchev–Trinajstić information content (AvgIpc) is 2.69. The van der Waals surface area contributed by atoms with Crippen LogP contribution in [0.2, 0.25) is 0 Å². The van der Waals surface area contributed by atoms with Gasteiger partial charge in [0.1, 0.15) is 16.0 Å². The third kappa shape index (κ3) is 3.87. The maximum Gasteiger partial charge on any atom is 0.266 e. The summed E-state index contributed by atoms with van der Waals surface area (Å²) in [7, 11) is 1.58. The van der Waals surface area contributed by atoms with Crippen LogP contribution in [-0.2, 0) is 9.53 Å². The zero-order valence-electron chi connectivity index (χ0n) is 11.3. The van der Waals surface area contributed by atoms with Crippen LogP contribution in [0.1, 0.15) is 12.0 Å². The van der Waals surface area contributed by atoms with Gasteiger partial charge in [0.15, 0.2) is 0 Å². The number of hydrogen-bond donors (Lipinski definition) is 0. The van der Waals surface area contributed by atoms with E-state index in [1.807, 2.05) is 0 Å². The summed E-state index contributed by atoms with van der Waals surface area (Å²) in [6.45, 7) is 0.991. The van der Waals surface area contributed by atoms with E-state index in [4.69, 9.17) is 17.0 Å². The first-order valence-corrected chi connectivity index (χ1v) is 7.44. The zero-order chi connectivity index (χ0) is 15.4. The maximum absolute atomic E-state index is 13.6. The first-order chi connectivity index (χ1) is 10.0. The van der Waals surface area contributed by atoms with Crippen molar-refractivity contribution in [1.29, 1.82) is 0 Å². The number of amides is 1. The minimum atomic E-state index is -0.709. The molecule has 0 radical (unpaired) electrons. The number of benzene rings is 1. The Morgan fingerprint density at radius 2 is 2.19 bits per heavy atom. The molecule has 1 aliphatic heterocycles. The van der Waals surface area contributed by atoms with Crippen molar-refractivity contribution in [2.45, 2.75) is 6.42 Å². The number of ether oxygens (including phenoxy) is 1. The molecule has 7 heteroatoms. The Morgan fingerprint density at radius 3 is 2.86 bits per heavy atom. The molecule has 1 amide bonds. The molecule has 0 aliphatic carbocycles. The summed E-state index contributed by atoms with van der Waals surface area (Å²) >= 11 is 6.26. The van der Waals surface area contributed by atoms with Crippen LogP contribution < -0.4 is 0 Å². The number of hydrogen-bond acceptors (Lipinski definition) is 4. The highest BCUT2D eigenvalue weighted by Crippen LogP contribution is 2.33. The van der Waals surface area contributed by atoms with Crippen LogP contribution in [-0.4, -0.2) is 35.4 Å². The second-order valence-electron chi connectivity index (χ2n) is 4.35. The predicted octanol–water partition coefficient (Wildman–Crippen LogP) is 3.20. The van der Waals surface area contributed by atoms with Gasteiger partial charge in [0, 0.05) is 31.9 Å². The molecule has 21 heavy (non-hydrogen) atoms. The highest BCUT2D eigenvalue weighted by Gasteiger charge is 2.31. The summed E-state index contributed by atoms with van der Waals surface area (Å²) in [6.07, 6.45) is 2.06. The largest absolute Gasteiger partial charge is 0.385 e. The molecule has 0 bridgehead atoms. The van der Waals surface area contributed by atoms with Gasteiger partial charge in [-0.25, -0.2) is 8.78 Å². The van der Waals surface area contributed by atoms with Crippen LogP contribution in [0.5, 0.6) is 0 Å². The topological polar surface area (TPSA) is 29.5 Å². The lowest BCUT2D eigenvalue weighted by molar-refractivity contribution is -0.122. The third-order valence-electron chi connectivity index (χ3n) is 2.85. The fourth-order valence-corrected chi connectivity index (χ4v) is 3.12. The van der Waals surface area contributed by atoms with Crippen LogP contribution in [0.15, 0.2) is 23.1 Å². The molecule has 1 aliphatic rings. The molecule has 0 spiro atoms. The van der Waals surface area contributed by atoms with Gasteiger partial charge in [0.25, 0.3) is 5.91 Å². The van der Waals surface area contributed by atoms with Crippen molar-refractivity contribution in [3.05, 3.63) is 40.3 Å². The van der Waals surface area contributed by atoms with Gasteiger partial charge in [-0.2, -0.15) is 0 Å². The lowest BCUT2D eigenvalue weighted by Gasteiger charge is -2.13. The predicted molar refractivity (Wildman–Crippen MR) is 82.7 cm³/mol. The van der Waals surface area contributed by atoms with Crippen LogP contribution in [0.4, 0.5) is 8.78 Å². The van der Waals surface area contributed by atoms with Gasteiger partial charge in [0.2, 0.25) is 0 Å². The van der Waals surface area contributed by atoms with Crippen molar-refractivity contribution in [2.24, 2.45) is 0 Å². The molecule has 0 saturated carbocycles. The van der Waals surface area contributed by atoms with Crippen LogP contribution in [0.25, 0.3) is 6.08 Å². The zero-order valence-corrected chi connectivity index (χ0v) is 12.9. The second-order valence-corrected chi connectivity index (χ2v) is 6.02. The maximum atomic E-state index is 13.6. The Hall–Kier alpha value is -1.31. The SMILES string of the molecule is COCCCN1C(=O)/C(=C/c2ccc(F)cc2F)SC1=S. The Bertz CT molecular complexity index is 605. The molecule has 2 rings (SSSR count). The Labute approximate surface area is 131 Å². The summed E-state index contributed by atoms with van der Waals surface area (Å²) < 4.78 is 31.8. The number of rotatable bonds is 5. The molecule has 0 aromatic heterocycles. The number of carbonyl (C=O) groups is 1. The molecule has 0 unspecified atom stereocenters. The van der Waals surface area contributed by atoms with E-state index in [0.717, 1.165) is 23.9 Å². The lowest BCUT2D eigenvalue weighted by atomic mass is 10.2. The van der Waals surface area contributed by atoms with Crippen molar-refractivity contribution in [3.8, 4) is 0 Å². The fourth-order valence-electron chi connectivity index (χ4n) is 1.82. The fraction of sp³-hybridized carbons (Fsp3) is 0.286. The van der Waals surface area contributed by atoms with Gasteiger partial charge < -0.3 is 4.74 Å². The molecule has 0 N–H and O–H groups in total. The Kier molecular flexibility index (Phi) is 5.44. The van der Waals surface area contributed by atoms with Gasteiger partial charge in [-0.1, -0.05) is 24.0 Å². The second kappa shape index (κ2) is 7.11. The molecular formula is C14H13F2NO2S2. The molecule has 0 atom stereocenters. The number of thiocarbonyl (C=S) groups is 1. The first kappa shape index (κ1) is 16.1. The van der Waals surface area contributed by atoms with Crippen molar-refractivity contribution in [3.63, 3.8) is 0 Å². The van der Waals surface area contributed by atoms with Gasteiger partial charge in [-0.15, -0.1) is 0 Å². The van der Waals surface area contributed by atoms with Crippen LogP contribution in [0, 0.1) is 11.6 Å². The van der Waals surface area contributed by atoms with E-state index in [0.29, 0.717) is 28.8 Å².